The van der Waals surface area contributed by atoms with Crippen molar-refractivity contribution in [3.63, 3.8) is 0 Å². The number of nitrogens with zero attached hydrogens (tertiary/aromatic N) is 1. The topological polar surface area (TPSA) is 72.9 Å². The highest BCUT2D eigenvalue weighted by Crippen LogP contribution is 2.47. The number of ketones is 1. The average Bonchev–Trinajstić information content (AvgIpc) is 3.17. The van der Waals surface area contributed by atoms with Gasteiger partial charge in [0.2, 0.25) is 6.23 Å². The van der Waals surface area contributed by atoms with Crippen LogP contribution in [0.25, 0.3) is 0 Å². The molecule has 1 fully saturated rings. The van der Waals surface area contributed by atoms with Crippen LogP contribution in [0.15, 0.2) is 104 Å². The second-order valence-corrected chi connectivity index (χ2v) is 7.60. The van der Waals surface area contributed by atoms with Gasteiger partial charge in [0.05, 0.1) is 0 Å². The molecule has 0 spiro atoms. The van der Waals surface area contributed by atoms with Gasteiger partial charge in [-0.05, 0) is 5.56 Å². The van der Waals surface area contributed by atoms with Crippen molar-refractivity contribution >= 4 is 17.8 Å². The largest absolute Gasteiger partial charge is 0.445 e. The van der Waals surface area contributed by atoms with Gasteiger partial charge in [0.1, 0.15) is 6.61 Å². The van der Waals surface area contributed by atoms with Gasteiger partial charge in [-0.25, -0.2) is 14.5 Å². The normalized spacial score (nSPS) is 19.6. The van der Waals surface area contributed by atoms with Crippen LogP contribution < -0.4 is 0 Å². The Balaban J connectivity index is 1.87. The van der Waals surface area contributed by atoms with Crippen LogP contribution in [0.1, 0.15) is 34.1 Å². The van der Waals surface area contributed by atoms with E-state index in [1.807, 2.05) is 6.07 Å². The first kappa shape index (κ1) is 22.0. The Bertz CT molecular complexity index is 1150. The second kappa shape index (κ2) is 9.53. The van der Waals surface area contributed by atoms with Crippen LogP contribution in [0, 0.1) is 0 Å². The SMILES string of the molecule is C=CCOC(=O)N1[C@H](c2ccccc2)OC(=O)[C@]1(CC(=O)c1ccccc1)c1ccccc1. The van der Waals surface area contributed by atoms with E-state index in [-0.39, 0.29) is 18.8 Å². The number of carbonyl (C=O) groups excluding carboxylic acids is 3. The first-order valence-electron chi connectivity index (χ1n) is 10.5. The highest BCUT2D eigenvalue weighted by molar-refractivity contribution is 6.02. The molecule has 0 bridgehead atoms. The number of cyclic esters (lactones) is 1. The van der Waals surface area contributed by atoms with E-state index in [0.29, 0.717) is 16.7 Å². The summed E-state index contributed by atoms with van der Waals surface area (Å²) in [5.41, 5.74) is -0.213. The van der Waals surface area contributed by atoms with Crippen LogP contribution in [0.5, 0.6) is 0 Å². The smallest absolute Gasteiger partial charge is 0.414 e. The molecule has 4 rings (SSSR count). The van der Waals surface area contributed by atoms with Crippen LogP contribution in [0.2, 0.25) is 0 Å². The molecule has 1 aliphatic heterocycles. The lowest BCUT2D eigenvalue weighted by molar-refractivity contribution is -0.145. The number of carbonyl (C=O) groups is 3. The van der Waals surface area contributed by atoms with E-state index >= 15 is 0 Å². The monoisotopic (exact) mass is 441 g/mol. The number of hydrogen-bond donors (Lipinski definition) is 0. The zero-order valence-corrected chi connectivity index (χ0v) is 17.9. The lowest BCUT2D eigenvalue weighted by Crippen LogP contribution is -2.51. The summed E-state index contributed by atoms with van der Waals surface area (Å²) in [4.78, 5) is 41.5. The quantitative estimate of drug-likeness (QED) is 0.292. The first-order valence-corrected chi connectivity index (χ1v) is 10.5. The number of ether oxygens (including phenoxy) is 2. The third-order valence-electron chi connectivity index (χ3n) is 5.57. The maximum atomic E-state index is 13.6. The molecule has 1 aliphatic rings. The lowest BCUT2D eigenvalue weighted by atomic mass is 9.82. The first-order chi connectivity index (χ1) is 16.1. The van der Waals surface area contributed by atoms with Crippen molar-refractivity contribution in [1.29, 1.82) is 0 Å². The molecule has 166 valence electrons. The third-order valence-corrected chi connectivity index (χ3v) is 5.57. The second-order valence-electron chi connectivity index (χ2n) is 7.60. The van der Waals surface area contributed by atoms with Gasteiger partial charge in [-0.3, -0.25) is 4.79 Å². The van der Waals surface area contributed by atoms with Crippen molar-refractivity contribution in [2.24, 2.45) is 0 Å². The fourth-order valence-electron chi connectivity index (χ4n) is 4.02. The summed E-state index contributed by atoms with van der Waals surface area (Å²) < 4.78 is 11.1. The number of rotatable bonds is 7. The molecule has 1 amide bonds. The number of benzene rings is 3. The maximum Gasteiger partial charge on any atom is 0.414 e. The number of hydrogen-bond acceptors (Lipinski definition) is 5. The van der Waals surface area contributed by atoms with E-state index < -0.39 is 23.8 Å². The molecule has 0 aliphatic carbocycles. The van der Waals surface area contributed by atoms with Gasteiger partial charge >= 0.3 is 12.1 Å². The maximum absolute atomic E-state index is 13.6. The zero-order chi connectivity index (χ0) is 23.3. The Labute approximate surface area is 192 Å². The predicted octanol–water partition coefficient (Wildman–Crippen LogP) is 5.04. The Kier molecular flexibility index (Phi) is 6.36. The Hall–Kier alpha value is -4.19. The molecule has 0 N–H and O–H groups in total. The van der Waals surface area contributed by atoms with Crippen LogP contribution in [-0.4, -0.2) is 29.4 Å². The minimum atomic E-state index is -1.70. The van der Waals surface area contributed by atoms with Gasteiger partial charge in [0.25, 0.3) is 0 Å². The van der Waals surface area contributed by atoms with Crippen LogP contribution in [-0.2, 0) is 19.8 Å². The number of esters is 1. The van der Waals surface area contributed by atoms with Crippen LogP contribution in [0.4, 0.5) is 4.79 Å². The molecule has 3 aromatic rings. The lowest BCUT2D eigenvalue weighted by Gasteiger charge is -2.35. The van der Waals surface area contributed by atoms with Crippen LogP contribution >= 0.6 is 0 Å². The summed E-state index contributed by atoms with van der Waals surface area (Å²) >= 11 is 0. The van der Waals surface area contributed by atoms with Crippen molar-refractivity contribution < 1.29 is 23.9 Å². The summed E-state index contributed by atoms with van der Waals surface area (Å²) in [6.45, 7) is 3.53. The molecule has 0 radical (unpaired) electrons. The van der Waals surface area contributed by atoms with E-state index in [1.54, 1.807) is 84.9 Å². The van der Waals surface area contributed by atoms with E-state index in [0.717, 1.165) is 0 Å². The average molecular weight is 441 g/mol. The van der Waals surface area contributed by atoms with Gasteiger partial charge in [0.15, 0.2) is 11.3 Å². The Morgan fingerprint density at radius 1 is 0.939 bits per heavy atom. The predicted molar refractivity (Wildman–Crippen MR) is 122 cm³/mol. The molecule has 0 saturated carbocycles. The van der Waals surface area contributed by atoms with Gasteiger partial charge in [-0.15, -0.1) is 0 Å². The molecule has 0 aromatic heterocycles. The molecule has 33 heavy (non-hydrogen) atoms. The van der Waals surface area contributed by atoms with Crippen molar-refractivity contribution in [2.75, 3.05) is 6.61 Å². The standard InChI is InChI=1S/C27H23NO5/c1-2-18-32-26(31)28-24(21-14-8-4-9-15-21)33-25(30)27(28,22-16-10-5-11-17-22)19-23(29)20-12-6-3-7-13-20/h2-17,24H,1,18-19H2/t24-,27-/m0/s1. The molecule has 6 nitrogen and oxygen atoms in total. The van der Waals surface area contributed by atoms with Crippen LogP contribution in [0.3, 0.4) is 0 Å². The summed E-state index contributed by atoms with van der Waals surface area (Å²) in [7, 11) is 0. The molecule has 3 aromatic carbocycles. The third kappa shape index (κ3) is 4.15. The van der Waals surface area contributed by atoms with Gasteiger partial charge < -0.3 is 9.47 Å². The zero-order valence-electron chi connectivity index (χ0n) is 17.9. The molecule has 1 saturated heterocycles. The molecule has 2 atom stereocenters. The van der Waals surface area contributed by atoms with Gasteiger partial charge in [-0.1, -0.05) is 104 Å². The Morgan fingerprint density at radius 2 is 1.52 bits per heavy atom. The minimum Gasteiger partial charge on any atom is -0.445 e. The summed E-state index contributed by atoms with van der Waals surface area (Å²) in [5, 5.41) is 0. The van der Waals surface area contributed by atoms with Crippen molar-refractivity contribution in [2.45, 2.75) is 18.2 Å². The van der Waals surface area contributed by atoms with Crippen molar-refractivity contribution in [3.8, 4) is 0 Å². The molecule has 0 unspecified atom stereocenters. The fraction of sp³-hybridized carbons (Fsp3) is 0.148. The van der Waals surface area contributed by atoms with Crippen molar-refractivity contribution in [3.05, 3.63) is 120 Å². The summed E-state index contributed by atoms with van der Waals surface area (Å²) in [6, 6.07) is 26.3. The van der Waals surface area contributed by atoms with E-state index in [9.17, 15) is 14.4 Å². The fourth-order valence-corrected chi connectivity index (χ4v) is 4.02. The van der Waals surface area contributed by atoms with E-state index in [1.165, 1.54) is 11.0 Å². The summed E-state index contributed by atoms with van der Waals surface area (Å²) in [6.07, 6.45) is -0.695. The molecular weight excluding hydrogens is 418 g/mol. The molecular formula is C27H23NO5. The van der Waals surface area contributed by atoms with E-state index in [2.05, 4.69) is 6.58 Å². The summed E-state index contributed by atoms with van der Waals surface area (Å²) in [5.74, 6) is -0.992. The highest BCUT2D eigenvalue weighted by atomic mass is 16.6. The minimum absolute atomic E-state index is 0.0530. The highest BCUT2D eigenvalue weighted by Gasteiger charge is 2.60. The Morgan fingerprint density at radius 3 is 2.12 bits per heavy atom. The van der Waals surface area contributed by atoms with Crippen molar-refractivity contribution in [1.82, 2.24) is 4.90 Å². The van der Waals surface area contributed by atoms with Gasteiger partial charge in [0, 0.05) is 17.5 Å². The molecule has 1 heterocycles. The number of Topliss-reactive ketones (excluding diaryl/α,β-unsaturated/α-hetero) is 1. The van der Waals surface area contributed by atoms with Gasteiger partial charge in [-0.2, -0.15) is 0 Å². The van der Waals surface area contributed by atoms with E-state index in [4.69, 9.17) is 9.47 Å². The number of amides is 1. The molecule has 6 heteroatoms.